The van der Waals surface area contributed by atoms with Crippen LogP contribution in [0.3, 0.4) is 0 Å². The van der Waals surface area contributed by atoms with Crippen molar-refractivity contribution in [2.24, 2.45) is 0 Å². The minimum absolute atomic E-state index is 0.0646. The molecule has 0 aliphatic carbocycles. The maximum atomic E-state index is 14.8. The molecule has 1 aliphatic rings. The first-order valence-electron chi connectivity index (χ1n) is 13.0. The summed E-state index contributed by atoms with van der Waals surface area (Å²) in [4.78, 5) is 33.1. The van der Waals surface area contributed by atoms with Crippen LogP contribution in [0.2, 0.25) is 0 Å². The van der Waals surface area contributed by atoms with Crippen LogP contribution in [0.5, 0.6) is 5.75 Å². The first-order valence-corrected chi connectivity index (χ1v) is 13.0. The lowest BCUT2D eigenvalue weighted by molar-refractivity contribution is -0.134. The van der Waals surface area contributed by atoms with Crippen molar-refractivity contribution in [3.63, 3.8) is 0 Å². The predicted octanol–water partition coefficient (Wildman–Crippen LogP) is 3.26. The zero-order valence-corrected chi connectivity index (χ0v) is 22.0. The molecule has 5 rings (SSSR count). The minimum Gasteiger partial charge on any atom is -0.493 e. The van der Waals surface area contributed by atoms with Crippen molar-refractivity contribution in [2.75, 3.05) is 39.3 Å². The smallest absolute Gasteiger partial charge is 0.290 e. The molecule has 3 heterocycles. The third-order valence-corrected chi connectivity index (χ3v) is 6.58. The zero-order chi connectivity index (χ0) is 27.9. The Balaban J connectivity index is 1.03. The Morgan fingerprint density at radius 3 is 2.60 bits per heavy atom. The lowest BCUT2D eigenvalue weighted by atomic mass is 10.2. The quantitative estimate of drug-likeness (QED) is 0.297. The number of halogens is 1. The highest BCUT2D eigenvalue weighted by Gasteiger charge is 2.26. The van der Waals surface area contributed by atoms with E-state index in [0.29, 0.717) is 44.4 Å². The largest absolute Gasteiger partial charge is 0.493 e. The Morgan fingerprint density at radius 2 is 1.88 bits per heavy atom. The summed E-state index contributed by atoms with van der Waals surface area (Å²) in [7, 11) is 0. The number of aromatic nitrogens is 3. The highest BCUT2D eigenvalue weighted by Crippen LogP contribution is 2.26. The van der Waals surface area contributed by atoms with Gasteiger partial charge in [0.15, 0.2) is 0 Å². The standard InChI is InChI=1S/C28H29FN6O5/c1-19(31-26(36)24-10-11-30-39-24)28(37)35-15-13-34(14-16-35)12-5-17-38-21-8-9-22(23(29)18-21)25-32-27(40-33-25)20-6-3-2-4-7-20/h2-4,6-11,18-19H,5,12-17H2,1H3,(H,31,36). The normalized spacial score (nSPS) is 14.6. The second kappa shape index (κ2) is 12.5. The third kappa shape index (κ3) is 6.52. The zero-order valence-electron chi connectivity index (χ0n) is 22.0. The number of ether oxygens (including phenoxy) is 1. The Bertz CT molecular complexity index is 1420. The van der Waals surface area contributed by atoms with Gasteiger partial charge in [-0.25, -0.2) is 4.39 Å². The highest BCUT2D eigenvalue weighted by atomic mass is 19.1. The molecule has 2 amide bonds. The van der Waals surface area contributed by atoms with Crippen molar-refractivity contribution in [1.82, 2.24) is 30.4 Å². The molecular formula is C28H29FN6O5. The Labute approximate surface area is 229 Å². The van der Waals surface area contributed by atoms with Crippen LogP contribution in [0.1, 0.15) is 23.9 Å². The van der Waals surface area contributed by atoms with Crippen LogP contribution in [0.15, 0.2) is 69.8 Å². The number of hydrogen-bond donors (Lipinski definition) is 1. The molecular weight excluding hydrogens is 519 g/mol. The number of piperazine rings is 1. The first-order chi connectivity index (χ1) is 19.5. The van der Waals surface area contributed by atoms with E-state index in [2.05, 4.69) is 25.5 Å². The van der Waals surface area contributed by atoms with E-state index in [9.17, 15) is 14.0 Å². The minimum atomic E-state index is -0.671. The molecule has 2 aromatic carbocycles. The predicted molar refractivity (Wildman–Crippen MR) is 142 cm³/mol. The molecule has 0 saturated carbocycles. The average Bonchev–Trinajstić information content (AvgIpc) is 3.69. The number of carbonyl (C=O) groups excluding carboxylic acids is 2. The van der Waals surface area contributed by atoms with Gasteiger partial charge in [-0.05, 0) is 37.6 Å². The van der Waals surface area contributed by atoms with Gasteiger partial charge in [-0.15, -0.1) is 0 Å². The van der Waals surface area contributed by atoms with Gasteiger partial charge in [0.25, 0.3) is 11.8 Å². The third-order valence-electron chi connectivity index (χ3n) is 6.58. The van der Waals surface area contributed by atoms with Gasteiger partial charge in [-0.2, -0.15) is 4.98 Å². The summed E-state index contributed by atoms with van der Waals surface area (Å²) >= 11 is 0. The van der Waals surface area contributed by atoms with Crippen molar-refractivity contribution in [3.05, 3.63) is 72.4 Å². The molecule has 0 spiro atoms. The molecule has 0 bridgehead atoms. The fourth-order valence-electron chi connectivity index (χ4n) is 4.40. The van der Waals surface area contributed by atoms with Crippen LogP contribution in [0.25, 0.3) is 22.8 Å². The van der Waals surface area contributed by atoms with Gasteiger partial charge in [0, 0.05) is 50.4 Å². The van der Waals surface area contributed by atoms with E-state index in [4.69, 9.17) is 13.8 Å². The van der Waals surface area contributed by atoms with Gasteiger partial charge in [0.1, 0.15) is 17.6 Å². The monoisotopic (exact) mass is 548 g/mol. The van der Waals surface area contributed by atoms with Gasteiger partial charge in [-0.3, -0.25) is 14.5 Å². The topological polar surface area (TPSA) is 127 Å². The molecule has 1 aliphatic heterocycles. The molecule has 1 fully saturated rings. The summed E-state index contributed by atoms with van der Waals surface area (Å²) in [6.45, 7) is 5.42. The second-order valence-corrected chi connectivity index (χ2v) is 9.37. The molecule has 1 atom stereocenters. The lowest BCUT2D eigenvalue weighted by Gasteiger charge is -2.36. The van der Waals surface area contributed by atoms with Crippen LogP contribution in [-0.4, -0.2) is 82.3 Å². The molecule has 1 unspecified atom stereocenters. The SMILES string of the molecule is CC(NC(=O)c1ccno1)C(=O)N1CCN(CCCOc2ccc(-c3noc(-c4ccccc4)n3)c(F)c2)CC1. The van der Waals surface area contributed by atoms with E-state index < -0.39 is 17.8 Å². The van der Waals surface area contributed by atoms with Crippen LogP contribution >= 0.6 is 0 Å². The van der Waals surface area contributed by atoms with Gasteiger partial charge in [-0.1, -0.05) is 28.5 Å². The van der Waals surface area contributed by atoms with Crippen LogP contribution in [0, 0.1) is 5.82 Å². The van der Waals surface area contributed by atoms with Crippen molar-refractivity contribution in [3.8, 4) is 28.6 Å². The molecule has 11 nitrogen and oxygen atoms in total. The Hall–Kier alpha value is -4.58. The number of amides is 2. The van der Waals surface area contributed by atoms with Gasteiger partial charge < -0.3 is 24.0 Å². The Morgan fingerprint density at radius 1 is 1.07 bits per heavy atom. The highest BCUT2D eigenvalue weighted by molar-refractivity contribution is 5.95. The lowest BCUT2D eigenvalue weighted by Crippen LogP contribution is -2.54. The van der Waals surface area contributed by atoms with E-state index in [1.165, 1.54) is 18.3 Å². The van der Waals surface area contributed by atoms with E-state index >= 15 is 0 Å². The van der Waals surface area contributed by atoms with Gasteiger partial charge >= 0.3 is 0 Å². The van der Waals surface area contributed by atoms with Crippen molar-refractivity contribution in [1.29, 1.82) is 0 Å². The van der Waals surface area contributed by atoms with E-state index in [0.717, 1.165) is 18.5 Å². The van der Waals surface area contributed by atoms with Crippen molar-refractivity contribution < 1.29 is 27.8 Å². The van der Waals surface area contributed by atoms with Gasteiger partial charge in [0.2, 0.25) is 17.5 Å². The summed E-state index contributed by atoms with van der Waals surface area (Å²) in [5, 5.41) is 10.0. The molecule has 208 valence electrons. The summed E-state index contributed by atoms with van der Waals surface area (Å²) in [6, 6.07) is 14.6. The molecule has 0 radical (unpaired) electrons. The van der Waals surface area contributed by atoms with Crippen molar-refractivity contribution >= 4 is 11.8 Å². The van der Waals surface area contributed by atoms with Gasteiger partial charge in [0.05, 0.1) is 18.4 Å². The maximum absolute atomic E-state index is 14.8. The summed E-state index contributed by atoms with van der Waals surface area (Å²) in [5.74, 6) is -0.127. The summed E-state index contributed by atoms with van der Waals surface area (Å²) in [5.41, 5.74) is 0.995. The maximum Gasteiger partial charge on any atom is 0.290 e. The second-order valence-electron chi connectivity index (χ2n) is 9.37. The average molecular weight is 549 g/mol. The molecule has 1 N–H and O–H groups in total. The Kier molecular flexibility index (Phi) is 8.45. The van der Waals surface area contributed by atoms with Crippen LogP contribution < -0.4 is 10.1 Å². The molecule has 2 aromatic heterocycles. The number of hydrogen-bond acceptors (Lipinski definition) is 9. The molecule has 40 heavy (non-hydrogen) atoms. The number of nitrogens with zero attached hydrogens (tertiary/aromatic N) is 5. The molecule has 4 aromatic rings. The van der Waals surface area contributed by atoms with Crippen LogP contribution in [-0.2, 0) is 4.79 Å². The van der Waals surface area contributed by atoms with E-state index in [-0.39, 0.29) is 23.1 Å². The number of carbonyl (C=O) groups is 2. The number of nitrogens with one attached hydrogen (secondary N) is 1. The molecule has 1 saturated heterocycles. The first kappa shape index (κ1) is 27.0. The number of rotatable bonds is 10. The summed E-state index contributed by atoms with van der Waals surface area (Å²) in [6.07, 6.45) is 2.12. The fourth-order valence-corrected chi connectivity index (χ4v) is 4.40. The van der Waals surface area contributed by atoms with E-state index in [1.54, 1.807) is 24.0 Å². The van der Waals surface area contributed by atoms with E-state index in [1.807, 2.05) is 30.3 Å². The van der Waals surface area contributed by atoms with Crippen LogP contribution in [0.4, 0.5) is 4.39 Å². The molecule has 12 heteroatoms. The fraction of sp³-hybridized carbons (Fsp3) is 0.321. The summed E-state index contributed by atoms with van der Waals surface area (Å²) < 4.78 is 30.6. The number of benzene rings is 2. The van der Waals surface area contributed by atoms with Crippen molar-refractivity contribution in [2.45, 2.75) is 19.4 Å².